The molecular weight excluding hydrogens is 303 g/mol. The van der Waals surface area contributed by atoms with Gasteiger partial charge in [0.05, 0.1) is 28.8 Å². The summed E-state index contributed by atoms with van der Waals surface area (Å²) in [7, 11) is 0. The lowest BCUT2D eigenvalue weighted by Crippen LogP contribution is -2.04. The highest BCUT2D eigenvalue weighted by Crippen LogP contribution is 2.31. The third kappa shape index (κ3) is 2.58. The number of aromatic nitrogens is 3. The van der Waals surface area contributed by atoms with Gasteiger partial charge in [0.2, 0.25) is 0 Å². The van der Waals surface area contributed by atoms with Crippen molar-refractivity contribution in [2.75, 3.05) is 0 Å². The number of aromatic amines is 1. The fourth-order valence-corrected chi connectivity index (χ4v) is 2.42. The van der Waals surface area contributed by atoms with Gasteiger partial charge in [0.1, 0.15) is 0 Å². The predicted molar refractivity (Wildman–Crippen MR) is 72.5 cm³/mol. The minimum Gasteiger partial charge on any atom is -0.359 e. The number of fused-ring (bicyclic) bond motifs is 1. The molecule has 0 atom stereocenters. The number of hydrogen-bond acceptors (Lipinski definition) is 3. The number of rotatable bonds is 2. The first-order chi connectivity index (χ1) is 9.84. The monoisotopic (exact) mass is 313 g/mol. The van der Waals surface area contributed by atoms with Crippen molar-refractivity contribution in [2.45, 2.75) is 19.6 Å². The van der Waals surface area contributed by atoms with E-state index < -0.39 is 11.7 Å². The maximum Gasteiger partial charge on any atom is 0.416 e. The van der Waals surface area contributed by atoms with E-state index in [-0.39, 0.29) is 0 Å². The van der Waals surface area contributed by atoms with Gasteiger partial charge in [-0.1, -0.05) is 5.16 Å². The highest BCUT2D eigenvalue weighted by atomic mass is 32.1. The zero-order valence-corrected chi connectivity index (χ0v) is 11.7. The third-order valence-corrected chi connectivity index (χ3v) is 3.41. The van der Waals surface area contributed by atoms with Gasteiger partial charge < -0.3 is 14.1 Å². The lowest BCUT2D eigenvalue weighted by Gasteiger charge is -2.06. The SMILES string of the molecule is Cc1cc(Cn2c(=S)[nH]c3cc(C(F)(F)F)ccc32)on1. The number of benzene rings is 1. The molecule has 4 nitrogen and oxygen atoms in total. The Balaban J connectivity index is 2.07. The average molecular weight is 313 g/mol. The van der Waals surface area contributed by atoms with Crippen molar-refractivity contribution in [3.05, 3.63) is 46.1 Å². The van der Waals surface area contributed by atoms with Crippen LogP contribution >= 0.6 is 12.2 Å². The highest BCUT2D eigenvalue weighted by molar-refractivity contribution is 7.71. The zero-order valence-electron chi connectivity index (χ0n) is 10.9. The summed E-state index contributed by atoms with van der Waals surface area (Å²) in [6.07, 6.45) is -4.38. The summed E-state index contributed by atoms with van der Waals surface area (Å²) in [6.45, 7) is 2.10. The molecule has 110 valence electrons. The maximum absolute atomic E-state index is 12.7. The molecule has 2 heterocycles. The Kier molecular flexibility index (Phi) is 3.12. The molecule has 21 heavy (non-hydrogen) atoms. The van der Waals surface area contributed by atoms with Gasteiger partial charge in [-0.25, -0.2) is 0 Å². The summed E-state index contributed by atoms with van der Waals surface area (Å²) < 4.78 is 45.2. The van der Waals surface area contributed by atoms with Crippen LogP contribution in [0.15, 0.2) is 28.8 Å². The molecule has 0 saturated carbocycles. The van der Waals surface area contributed by atoms with Crippen LogP contribution in [0.25, 0.3) is 11.0 Å². The fourth-order valence-electron chi connectivity index (χ4n) is 2.14. The van der Waals surface area contributed by atoms with Gasteiger partial charge in [-0.2, -0.15) is 13.2 Å². The van der Waals surface area contributed by atoms with Crippen LogP contribution in [0.2, 0.25) is 0 Å². The normalized spacial score (nSPS) is 12.2. The molecule has 0 amide bonds. The van der Waals surface area contributed by atoms with Crippen LogP contribution in [0.4, 0.5) is 13.2 Å². The molecule has 3 aromatic rings. The highest BCUT2D eigenvalue weighted by Gasteiger charge is 2.30. The first-order valence-electron chi connectivity index (χ1n) is 6.06. The minimum absolute atomic E-state index is 0.311. The van der Waals surface area contributed by atoms with Gasteiger partial charge in [-0.05, 0) is 37.3 Å². The van der Waals surface area contributed by atoms with Crippen molar-refractivity contribution >= 4 is 23.3 Å². The molecule has 0 aliphatic rings. The number of hydrogen-bond donors (Lipinski definition) is 1. The second-order valence-electron chi connectivity index (χ2n) is 4.68. The summed E-state index contributed by atoms with van der Waals surface area (Å²) in [4.78, 5) is 2.78. The molecule has 0 aliphatic carbocycles. The topological polar surface area (TPSA) is 46.8 Å². The number of aryl methyl sites for hydroxylation is 1. The van der Waals surface area contributed by atoms with Crippen molar-refractivity contribution in [2.24, 2.45) is 0 Å². The number of alkyl halides is 3. The summed E-state index contributed by atoms with van der Waals surface area (Å²) in [6, 6.07) is 5.23. The Bertz CT molecular complexity index is 860. The molecule has 1 aromatic carbocycles. The van der Waals surface area contributed by atoms with Gasteiger partial charge >= 0.3 is 6.18 Å². The molecule has 0 radical (unpaired) electrons. The van der Waals surface area contributed by atoms with E-state index in [0.717, 1.165) is 17.8 Å². The third-order valence-electron chi connectivity index (χ3n) is 3.09. The fraction of sp³-hybridized carbons (Fsp3) is 0.231. The quantitative estimate of drug-likeness (QED) is 0.726. The maximum atomic E-state index is 12.7. The lowest BCUT2D eigenvalue weighted by atomic mass is 10.2. The Labute approximate surface area is 122 Å². The molecule has 0 fully saturated rings. The van der Waals surface area contributed by atoms with Crippen molar-refractivity contribution in [1.82, 2.24) is 14.7 Å². The van der Waals surface area contributed by atoms with Gasteiger partial charge in [0.15, 0.2) is 10.5 Å². The van der Waals surface area contributed by atoms with Crippen LogP contribution in [0.5, 0.6) is 0 Å². The minimum atomic E-state index is -4.38. The second-order valence-corrected chi connectivity index (χ2v) is 5.07. The summed E-state index contributed by atoms with van der Waals surface area (Å²) in [5.74, 6) is 0.587. The second kappa shape index (κ2) is 4.73. The van der Waals surface area contributed by atoms with Crippen molar-refractivity contribution in [3.63, 3.8) is 0 Å². The molecule has 0 unspecified atom stereocenters. The zero-order chi connectivity index (χ0) is 15.2. The van der Waals surface area contributed by atoms with Crippen LogP contribution in [0, 0.1) is 11.7 Å². The summed E-state index contributed by atoms with van der Waals surface area (Å²) in [5.41, 5.74) is 0.942. The molecular formula is C13H10F3N3OS. The lowest BCUT2D eigenvalue weighted by molar-refractivity contribution is -0.137. The van der Waals surface area contributed by atoms with Gasteiger partial charge in [0, 0.05) is 6.07 Å². The van der Waals surface area contributed by atoms with E-state index in [0.29, 0.717) is 28.1 Å². The molecule has 0 spiro atoms. The average Bonchev–Trinajstić information content (AvgIpc) is 2.93. The van der Waals surface area contributed by atoms with E-state index in [4.69, 9.17) is 16.7 Å². The van der Waals surface area contributed by atoms with E-state index in [2.05, 4.69) is 10.1 Å². The van der Waals surface area contributed by atoms with Crippen molar-refractivity contribution < 1.29 is 17.7 Å². The van der Waals surface area contributed by atoms with Crippen LogP contribution in [0.1, 0.15) is 17.0 Å². The summed E-state index contributed by atoms with van der Waals surface area (Å²) in [5, 5.41) is 3.77. The molecule has 8 heteroatoms. The smallest absolute Gasteiger partial charge is 0.359 e. The first-order valence-corrected chi connectivity index (χ1v) is 6.47. The Morgan fingerprint density at radius 3 is 2.71 bits per heavy atom. The Morgan fingerprint density at radius 2 is 2.10 bits per heavy atom. The summed E-state index contributed by atoms with van der Waals surface area (Å²) >= 11 is 5.16. The van der Waals surface area contributed by atoms with Crippen molar-refractivity contribution in [3.8, 4) is 0 Å². The van der Waals surface area contributed by atoms with Gasteiger partial charge in [0.25, 0.3) is 0 Å². The van der Waals surface area contributed by atoms with E-state index in [1.807, 2.05) is 0 Å². The van der Waals surface area contributed by atoms with E-state index in [9.17, 15) is 13.2 Å². The van der Waals surface area contributed by atoms with Crippen LogP contribution in [0.3, 0.4) is 0 Å². The first kappa shape index (κ1) is 13.9. The van der Waals surface area contributed by atoms with Gasteiger partial charge in [-0.15, -0.1) is 0 Å². The van der Waals surface area contributed by atoms with Crippen LogP contribution in [-0.2, 0) is 12.7 Å². The molecule has 0 bridgehead atoms. The number of H-pyrrole nitrogens is 1. The Hall–Kier alpha value is -2.09. The largest absolute Gasteiger partial charge is 0.416 e. The van der Waals surface area contributed by atoms with Crippen LogP contribution < -0.4 is 0 Å². The number of halogens is 3. The van der Waals surface area contributed by atoms with E-state index >= 15 is 0 Å². The molecule has 0 aliphatic heterocycles. The van der Waals surface area contributed by atoms with Crippen molar-refractivity contribution in [1.29, 1.82) is 0 Å². The number of imidazole rings is 1. The van der Waals surface area contributed by atoms with E-state index in [1.165, 1.54) is 6.07 Å². The standard InChI is InChI=1S/C13H10F3N3OS/c1-7-4-9(20-18-7)6-19-11-3-2-8(13(14,15)16)5-10(11)17-12(19)21/h2-5H,6H2,1H3,(H,17,21). The number of nitrogens with zero attached hydrogens (tertiary/aromatic N) is 2. The van der Waals surface area contributed by atoms with E-state index in [1.54, 1.807) is 17.6 Å². The molecule has 1 N–H and O–H groups in total. The van der Waals surface area contributed by atoms with Crippen LogP contribution in [-0.4, -0.2) is 14.7 Å². The van der Waals surface area contributed by atoms with Gasteiger partial charge in [-0.3, -0.25) is 0 Å². The predicted octanol–water partition coefficient (Wildman–Crippen LogP) is 4.06. The Morgan fingerprint density at radius 1 is 1.33 bits per heavy atom. The molecule has 2 aromatic heterocycles. The molecule has 3 rings (SSSR count). The molecule has 0 saturated heterocycles. The number of nitrogens with one attached hydrogen (secondary N) is 1.